The largest absolute Gasteiger partial charge is 0.478 e. The third kappa shape index (κ3) is 4.46. The Balaban J connectivity index is 1.91. The molecule has 0 bridgehead atoms. The summed E-state index contributed by atoms with van der Waals surface area (Å²) in [5.74, 6) is 5.52. The van der Waals surface area contributed by atoms with Crippen LogP contribution in [0.4, 0.5) is 0 Å². The molecular weight excluding hydrogens is 366 g/mol. The van der Waals surface area contributed by atoms with Gasteiger partial charge in [0.05, 0.1) is 18.5 Å². The predicted molar refractivity (Wildman–Crippen MR) is 112 cm³/mol. The Morgan fingerprint density at radius 2 is 1.86 bits per heavy atom. The van der Waals surface area contributed by atoms with Crippen molar-refractivity contribution in [3.63, 3.8) is 0 Å². The fourth-order valence-corrected chi connectivity index (χ4v) is 3.19. The summed E-state index contributed by atoms with van der Waals surface area (Å²) in [6, 6.07) is 14.5. The first kappa shape index (κ1) is 20.2. The predicted octanol–water partition coefficient (Wildman–Crippen LogP) is 3.43. The highest BCUT2D eigenvalue weighted by molar-refractivity contribution is 5.95. The third-order valence-corrected chi connectivity index (χ3v) is 4.62. The van der Waals surface area contributed by atoms with Crippen LogP contribution in [0.5, 0.6) is 0 Å². The highest BCUT2D eigenvalue weighted by atomic mass is 16.4. The van der Waals surface area contributed by atoms with E-state index in [4.69, 9.17) is 0 Å². The molecule has 0 atom stereocenters. The number of aromatic nitrogens is 3. The summed E-state index contributed by atoms with van der Waals surface area (Å²) in [4.78, 5) is 24.2. The minimum Gasteiger partial charge on any atom is -0.478 e. The van der Waals surface area contributed by atoms with Gasteiger partial charge in [-0.25, -0.2) is 14.3 Å². The van der Waals surface area contributed by atoms with Crippen LogP contribution >= 0.6 is 0 Å². The molecule has 0 amide bonds. The Bertz CT molecular complexity index is 1130. The topological polar surface area (TPSA) is 77.1 Å². The molecule has 0 spiro atoms. The third-order valence-electron chi connectivity index (χ3n) is 4.62. The minimum absolute atomic E-state index is 0.139. The van der Waals surface area contributed by atoms with E-state index in [1.54, 1.807) is 29.7 Å². The highest BCUT2D eigenvalue weighted by Crippen LogP contribution is 2.24. The molecule has 0 radical (unpaired) electrons. The molecule has 0 saturated carbocycles. The molecule has 3 aromatic rings. The van der Waals surface area contributed by atoms with E-state index in [-0.39, 0.29) is 11.3 Å². The Kier molecular flexibility index (Phi) is 6.30. The van der Waals surface area contributed by atoms with E-state index in [9.17, 15) is 14.7 Å². The van der Waals surface area contributed by atoms with Crippen LogP contribution in [0.25, 0.3) is 11.1 Å². The van der Waals surface area contributed by atoms with Gasteiger partial charge in [-0.2, -0.15) is 5.10 Å². The van der Waals surface area contributed by atoms with E-state index in [0.29, 0.717) is 30.9 Å². The molecule has 0 fully saturated rings. The summed E-state index contributed by atoms with van der Waals surface area (Å²) in [6.45, 7) is 4.73. The lowest BCUT2D eigenvalue weighted by Crippen LogP contribution is -2.26. The summed E-state index contributed by atoms with van der Waals surface area (Å²) in [5, 5.41) is 13.8. The van der Waals surface area contributed by atoms with Crippen molar-refractivity contribution in [2.45, 2.75) is 39.8 Å². The maximum absolute atomic E-state index is 12.7. The lowest BCUT2D eigenvalue weighted by atomic mass is 9.99. The number of aryl methyl sites for hydroxylation is 1. The van der Waals surface area contributed by atoms with Gasteiger partial charge in [0, 0.05) is 6.54 Å². The average Bonchev–Trinajstić information content (AvgIpc) is 3.02. The molecule has 1 N–H and O–H groups in total. The second kappa shape index (κ2) is 9.07. The van der Waals surface area contributed by atoms with Crippen molar-refractivity contribution < 1.29 is 9.90 Å². The number of nitrogens with zero attached hydrogens (tertiary/aromatic N) is 3. The number of carboxylic acid groups (broad SMARTS) is 1. The van der Waals surface area contributed by atoms with Crippen molar-refractivity contribution in [1.82, 2.24) is 14.3 Å². The number of benzene rings is 2. The van der Waals surface area contributed by atoms with E-state index in [1.807, 2.05) is 37.3 Å². The molecule has 6 nitrogen and oxygen atoms in total. The Labute approximate surface area is 169 Å². The van der Waals surface area contributed by atoms with Crippen molar-refractivity contribution in [1.29, 1.82) is 0 Å². The van der Waals surface area contributed by atoms with Crippen LogP contribution in [0.1, 0.15) is 42.0 Å². The number of aromatic carboxylic acids is 1. The van der Waals surface area contributed by atoms with Crippen molar-refractivity contribution >= 4 is 5.97 Å². The molecule has 1 aromatic heterocycles. The van der Waals surface area contributed by atoms with Crippen molar-refractivity contribution in [2.24, 2.45) is 0 Å². The molecule has 0 aliphatic rings. The van der Waals surface area contributed by atoms with E-state index in [2.05, 4.69) is 16.9 Å². The van der Waals surface area contributed by atoms with Gasteiger partial charge in [-0.15, -0.1) is 5.92 Å². The number of carboxylic acids is 1. The molecule has 0 aliphatic heterocycles. The molecular formula is C23H23N3O3. The standard InChI is InChI=1S/C23H23N3O3/c1-3-5-10-21-24-26(15-4-2)23(29)25(21)16-17-11-13-18(14-12-17)19-8-6-7-9-20(19)22(27)28/h6-9,11-14H,4,10,15-16H2,1-2H3,(H,27,28). The van der Waals surface area contributed by atoms with Gasteiger partial charge in [0.1, 0.15) is 5.82 Å². The van der Waals surface area contributed by atoms with Gasteiger partial charge in [0.25, 0.3) is 0 Å². The smallest absolute Gasteiger partial charge is 0.346 e. The number of hydrogen-bond acceptors (Lipinski definition) is 3. The van der Waals surface area contributed by atoms with Gasteiger partial charge in [-0.3, -0.25) is 4.57 Å². The summed E-state index contributed by atoms with van der Waals surface area (Å²) in [7, 11) is 0. The minimum atomic E-state index is -0.957. The molecule has 1 heterocycles. The zero-order chi connectivity index (χ0) is 20.8. The molecule has 148 valence electrons. The van der Waals surface area contributed by atoms with Crippen LogP contribution in [-0.2, 0) is 19.5 Å². The van der Waals surface area contributed by atoms with Gasteiger partial charge in [0.2, 0.25) is 0 Å². The zero-order valence-electron chi connectivity index (χ0n) is 16.6. The number of hydrogen-bond donors (Lipinski definition) is 1. The Morgan fingerprint density at radius 1 is 1.14 bits per heavy atom. The maximum atomic E-state index is 12.7. The van der Waals surface area contributed by atoms with Crippen LogP contribution in [0.15, 0.2) is 53.3 Å². The molecule has 29 heavy (non-hydrogen) atoms. The molecule has 3 rings (SSSR count). The van der Waals surface area contributed by atoms with Gasteiger partial charge >= 0.3 is 11.7 Å². The van der Waals surface area contributed by atoms with E-state index >= 15 is 0 Å². The molecule has 0 saturated heterocycles. The second-order valence-corrected chi connectivity index (χ2v) is 6.66. The quantitative estimate of drug-likeness (QED) is 0.628. The average molecular weight is 389 g/mol. The number of rotatable bonds is 7. The normalized spacial score (nSPS) is 10.4. The van der Waals surface area contributed by atoms with Gasteiger partial charge in [0.15, 0.2) is 0 Å². The van der Waals surface area contributed by atoms with Crippen molar-refractivity contribution in [3.8, 4) is 23.0 Å². The number of carbonyl (C=O) groups is 1. The first-order valence-corrected chi connectivity index (χ1v) is 9.53. The molecule has 6 heteroatoms. The zero-order valence-corrected chi connectivity index (χ0v) is 16.6. The fraction of sp³-hybridized carbons (Fsp3) is 0.261. The lowest BCUT2D eigenvalue weighted by molar-refractivity contribution is 0.0697. The van der Waals surface area contributed by atoms with E-state index < -0.39 is 5.97 Å². The van der Waals surface area contributed by atoms with Crippen molar-refractivity contribution in [3.05, 3.63) is 76.0 Å². The second-order valence-electron chi connectivity index (χ2n) is 6.66. The van der Waals surface area contributed by atoms with Crippen LogP contribution in [0, 0.1) is 11.8 Å². The van der Waals surface area contributed by atoms with Crippen LogP contribution in [-0.4, -0.2) is 25.4 Å². The Morgan fingerprint density at radius 3 is 2.52 bits per heavy atom. The van der Waals surface area contributed by atoms with Gasteiger partial charge in [-0.1, -0.05) is 55.3 Å². The highest BCUT2D eigenvalue weighted by Gasteiger charge is 2.14. The first-order valence-electron chi connectivity index (χ1n) is 9.53. The maximum Gasteiger partial charge on any atom is 0.346 e. The molecule has 0 aliphatic carbocycles. The van der Waals surface area contributed by atoms with Crippen LogP contribution in [0.2, 0.25) is 0 Å². The SMILES string of the molecule is CC#CCc1nn(CCC)c(=O)n1Cc1ccc(-c2ccccc2C(=O)O)cc1. The summed E-state index contributed by atoms with van der Waals surface area (Å²) >= 11 is 0. The fourth-order valence-electron chi connectivity index (χ4n) is 3.19. The molecule has 2 aromatic carbocycles. The molecule has 0 unspecified atom stereocenters. The summed E-state index contributed by atoms with van der Waals surface area (Å²) in [6.07, 6.45) is 1.25. The summed E-state index contributed by atoms with van der Waals surface area (Å²) < 4.78 is 3.14. The van der Waals surface area contributed by atoms with Crippen LogP contribution in [0.3, 0.4) is 0 Å². The van der Waals surface area contributed by atoms with Crippen molar-refractivity contribution in [2.75, 3.05) is 0 Å². The van der Waals surface area contributed by atoms with Gasteiger partial charge < -0.3 is 5.11 Å². The monoisotopic (exact) mass is 389 g/mol. The Hall–Kier alpha value is -3.59. The van der Waals surface area contributed by atoms with Crippen LogP contribution < -0.4 is 5.69 Å². The van der Waals surface area contributed by atoms with E-state index in [0.717, 1.165) is 17.5 Å². The van der Waals surface area contributed by atoms with Gasteiger partial charge in [-0.05, 0) is 36.1 Å². The summed E-state index contributed by atoms with van der Waals surface area (Å²) in [5.41, 5.74) is 2.54. The lowest BCUT2D eigenvalue weighted by Gasteiger charge is -2.08. The van der Waals surface area contributed by atoms with E-state index in [1.165, 1.54) is 4.68 Å². The first-order chi connectivity index (χ1) is 14.0.